The van der Waals surface area contributed by atoms with E-state index >= 15 is 0 Å². The maximum atomic E-state index is 12.8. The average molecular weight is 362 g/mol. The monoisotopic (exact) mass is 362 g/mol. The maximum Gasteiger partial charge on any atom is 0.270 e. The lowest BCUT2D eigenvalue weighted by atomic mass is 10.1. The zero-order valence-corrected chi connectivity index (χ0v) is 14.4. The first-order valence-corrected chi connectivity index (χ1v) is 8.76. The van der Waals surface area contributed by atoms with E-state index in [4.69, 9.17) is 4.74 Å². The molecule has 2 N–H and O–H groups in total. The van der Waals surface area contributed by atoms with E-state index in [1.165, 1.54) is 12.1 Å². The van der Waals surface area contributed by atoms with Crippen LogP contribution in [0.5, 0.6) is 0 Å². The third-order valence-electron chi connectivity index (χ3n) is 4.63. The SMILES string of the molecule is O=C(NC1CCCCNC1=O)c1cc([N+](=O)[O-])ccc1N1CCOCC1. The van der Waals surface area contributed by atoms with Crippen LogP contribution in [-0.2, 0) is 9.53 Å². The van der Waals surface area contributed by atoms with Gasteiger partial charge in [0.2, 0.25) is 5.91 Å². The van der Waals surface area contributed by atoms with Crippen molar-refractivity contribution in [3.05, 3.63) is 33.9 Å². The fourth-order valence-corrected chi connectivity index (χ4v) is 3.21. The van der Waals surface area contributed by atoms with Crippen LogP contribution in [0.2, 0.25) is 0 Å². The molecule has 0 saturated carbocycles. The first-order chi connectivity index (χ1) is 12.6. The van der Waals surface area contributed by atoms with Crippen LogP contribution in [0.4, 0.5) is 11.4 Å². The van der Waals surface area contributed by atoms with Crippen LogP contribution in [0.25, 0.3) is 0 Å². The third-order valence-corrected chi connectivity index (χ3v) is 4.63. The molecular formula is C17H22N4O5. The number of nitro benzene ring substituents is 1. The molecule has 0 bridgehead atoms. The minimum Gasteiger partial charge on any atom is -0.378 e. The van der Waals surface area contributed by atoms with Crippen LogP contribution in [-0.4, -0.2) is 55.6 Å². The van der Waals surface area contributed by atoms with Crippen molar-refractivity contribution in [2.24, 2.45) is 0 Å². The number of carbonyl (C=O) groups excluding carboxylic acids is 2. The Morgan fingerprint density at radius 2 is 2.08 bits per heavy atom. The smallest absolute Gasteiger partial charge is 0.270 e. The number of hydrogen-bond acceptors (Lipinski definition) is 6. The molecule has 1 aromatic rings. The summed E-state index contributed by atoms with van der Waals surface area (Å²) in [6.45, 7) is 2.86. The molecule has 2 fully saturated rings. The molecule has 0 aromatic heterocycles. The summed E-state index contributed by atoms with van der Waals surface area (Å²) in [5.41, 5.74) is 0.668. The summed E-state index contributed by atoms with van der Waals surface area (Å²) >= 11 is 0. The number of hydrogen-bond donors (Lipinski definition) is 2. The van der Waals surface area contributed by atoms with Gasteiger partial charge < -0.3 is 20.3 Å². The van der Waals surface area contributed by atoms with Crippen LogP contribution in [0, 0.1) is 10.1 Å². The molecule has 1 unspecified atom stereocenters. The van der Waals surface area contributed by atoms with E-state index in [1.54, 1.807) is 6.07 Å². The number of ether oxygens (including phenoxy) is 1. The number of carbonyl (C=O) groups is 2. The predicted octanol–water partition coefficient (Wildman–Crippen LogP) is 0.830. The van der Waals surface area contributed by atoms with Crippen molar-refractivity contribution in [2.45, 2.75) is 25.3 Å². The number of morpholine rings is 1. The highest BCUT2D eigenvalue weighted by molar-refractivity contribution is 6.02. The van der Waals surface area contributed by atoms with Gasteiger partial charge in [0.15, 0.2) is 0 Å². The molecular weight excluding hydrogens is 340 g/mol. The maximum absolute atomic E-state index is 12.8. The Morgan fingerprint density at radius 1 is 1.31 bits per heavy atom. The van der Waals surface area contributed by atoms with Crippen molar-refractivity contribution in [3.63, 3.8) is 0 Å². The largest absolute Gasteiger partial charge is 0.378 e. The summed E-state index contributed by atoms with van der Waals surface area (Å²) in [5.74, 6) is -0.688. The molecule has 0 radical (unpaired) electrons. The first-order valence-electron chi connectivity index (χ1n) is 8.76. The highest BCUT2D eigenvalue weighted by Crippen LogP contribution is 2.26. The Kier molecular flexibility index (Phi) is 5.67. The molecule has 2 amide bonds. The Morgan fingerprint density at radius 3 is 2.81 bits per heavy atom. The Hall–Kier alpha value is -2.68. The molecule has 26 heavy (non-hydrogen) atoms. The normalized spacial score (nSPS) is 20.8. The van der Waals surface area contributed by atoms with Crippen LogP contribution >= 0.6 is 0 Å². The molecule has 1 atom stereocenters. The predicted molar refractivity (Wildman–Crippen MR) is 94.2 cm³/mol. The highest BCUT2D eigenvalue weighted by atomic mass is 16.6. The highest BCUT2D eigenvalue weighted by Gasteiger charge is 2.27. The van der Waals surface area contributed by atoms with E-state index in [0.29, 0.717) is 45.0 Å². The number of nitrogens with zero attached hydrogens (tertiary/aromatic N) is 2. The van der Waals surface area contributed by atoms with Crippen molar-refractivity contribution < 1.29 is 19.2 Å². The van der Waals surface area contributed by atoms with E-state index in [2.05, 4.69) is 10.6 Å². The van der Waals surface area contributed by atoms with Gasteiger partial charge in [-0.05, 0) is 25.3 Å². The Bertz CT molecular complexity index is 702. The lowest BCUT2D eigenvalue weighted by Crippen LogP contribution is -2.46. The molecule has 140 valence electrons. The van der Waals surface area contributed by atoms with Crippen LogP contribution in [0.3, 0.4) is 0 Å². The number of non-ortho nitro benzene ring substituents is 1. The molecule has 2 aliphatic rings. The average Bonchev–Trinajstić information content (AvgIpc) is 2.86. The second-order valence-electron chi connectivity index (χ2n) is 6.37. The fourth-order valence-electron chi connectivity index (χ4n) is 3.21. The number of anilines is 1. The molecule has 2 saturated heterocycles. The van der Waals surface area contributed by atoms with Crippen molar-refractivity contribution >= 4 is 23.2 Å². The molecule has 0 aliphatic carbocycles. The fraction of sp³-hybridized carbons (Fsp3) is 0.529. The van der Waals surface area contributed by atoms with Gasteiger partial charge >= 0.3 is 0 Å². The van der Waals surface area contributed by atoms with Gasteiger partial charge in [-0.3, -0.25) is 19.7 Å². The minimum absolute atomic E-state index is 0.155. The van der Waals surface area contributed by atoms with Gasteiger partial charge in [0.05, 0.1) is 29.4 Å². The molecule has 9 heteroatoms. The minimum atomic E-state index is -0.623. The van der Waals surface area contributed by atoms with Gasteiger partial charge in [0, 0.05) is 31.8 Å². The van der Waals surface area contributed by atoms with Gasteiger partial charge in [-0.1, -0.05) is 0 Å². The lowest BCUT2D eigenvalue weighted by molar-refractivity contribution is -0.384. The van der Waals surface area contributed by atoms with Gasteiger partial charge in [-0.2, -0.15) is 0 Å². The number of benzene rings is 1. The van der Waals surface area contributed by atoms with Gasteiger partial charge in [0.1, 0.15) is 6.04 Å². The molecule has 1 aromatic carbocycles. The van der Waals surface area contributed by atoms with E-state index in [0.717, 1.165) is 12.8 Å². The quantitative estimate of drug-likeness (QED) is 0.606. The van der Waals surface area contributed by atoms with Crippen molar-refractivity contribution in [2.75, 3.05) is 37.7 Å². The number of nitro groups is 1. The lowest BCUT2D eigenvalue weighted by Gasteiger charge is -2.30. The third kappa shape index (κ3) is 4.10. The first kappa shape index (κ1) is 18.1. The van der Waals surface area contributed by atoms with E-state index < -0.39 is 16.9 Å². The number of amides is 2. The zero-order chi connectivity index (χ0) is 18.5. The standard InChI is InChI=1S/C17H22N4O5/c22-16(19-14-3-1-2-6-18-17(14)23)13-11-12(21(24)25)4-5-15(13)20-7-9-26-10-8-20/h4-5,11,14H,1-3,6-10H2,(H,18,23)(H,19,22). The zero-order valence-electron chi connectivity index (χ0n) is 14.4. The summed E-state index contributed by atoms with van der Waals surface area (Å²) in [6.07, 6.45) is 2.25. The Labute approximate surface area is 150 Å². The van der Waals surface area contributed by atoms with Crippen molar-refractivity contribution in [3.8, 4) is 0 Å². The second kappa shape index (κ2) is 8.13. The summed E-state index contributed by atoms with van der Waals surface area (Å²) in [4.78, 5) is 37.5. The summed E-state index contributed by atoms with van der Waals surface area (Å²) in [6, 6.07) is 3.63. The number of nitrogens with one attached hydrogen (secondary N) is 2. The van der Waals surface area contributed by atoms with Gasteiger partial charge in [-0.25, -0.2) is 0 Å². The Balaban J connectivity index is 1.87. The number of rotatable bonds is 4. The molecule has 2 heterocycles. The van der Waals surface area contributed by atoms with Gasteiger partial charge in [0.25, 0.3) is 11.6 Å². The molecule has 2 aliphatic heterocycles. The van der Waals surface area contributed by atoms with Crippen molar-refractivity contribution in [1.29, 1.82) is 0 Å². The van der Waals surface area contributed by atoms with Crippen molar-refractivity contribution in [1.82, 2.24) is 10.6 Å². The molecule has 9 nitrogen and oxygen atoms in total. The summed E-state index contributed by atoms with van der Waals surface area (Å²) < 4.78 is 5.33. The van der Waals surface area contributed by atoms with E-state index in [-0.39, 0.29) is 17.2 Å². The second-order valence-corrected chi connectivity index (χ2v) is 6.37. The van der Waals surface area contributed by atoms with Crippen LogP contribution < -0.4 is 15.5 Å². The summed E-state index contributed by atoms with van der Waals surface area (Å²) in [7, 11) is 0. The van der Waals surface area contributed by atoms with E-state index in [1.807, 2.05) is 4.90 Å². The summed E-state index contributed by atoms with van der Waals surface area (Å²) in [5, 5.41) is 16.6. The van der Waals surface area contributed by atoms with Gasteiger partial charge in [-0.15, -0.1) is 0 Å². The van der Waals surface area contributed by atoms with Crippen LogP contribution in [0.1, 0.15) is 29.6 Å². The van der Waals surface area contributed by atoms with Crippen LogP contribution in [0.15, 0.2) is 18.2 Å². The molecule has 0 spiro atoms. The topological polar surface area (TPSA) is 114 Å². The molecule has 3 rings (SSSR count). The van der Waals surface area contributed by atoms with E-state index in [9.17, 15) is 19.7 Å².